The average Bonchev–Trinajstić information content (AvgIpc) is 1.65. The summed E-state index contributed by atoms with van der Waals surface area (Å²) < 4.78 is 51.0. The molecule has 0 spiro atoms. The molecule has 2 unspecified atom stereocenters. The van der Waals surface area contributed by atoms with Gasteiger partial charge in [0.05, 0.1) is 26.8 Å². The van der Waals surface area contributed by atoms with Gasteiger partial charge in [0.25, 0.3) is 21.9 Å². The van der Waals surface area contributed by atoms with Crippen molar-refractivity contribution in [3.63, 3.8) is 0 Å². The van der Waals surface area contributed by atoms with E-state index in [-0.39, 0.29) is 97.2 Å². The van der Waals surface area contributed by atoms with E-state index in [1.807, 2.05) is 66.4 Å². The highest BCUT2D eigenvalue weighted by molar-refractivity contribution is 8.77. The molecule has 4 aliphatic heterocycles. The maximum atomic E-state index is 14.4. The molecule has 0 bridgehead atoms. The van der Waals surface area contributed by atoms with Crippen LogP contribution >= 0.6 is 21.6 Å². The van der Waals surface area contributed by atoms with Crippen LogP contribution in [0.4, 0.5) is 17.1 Å². The Morgan fingerprint density at radius 1 is 0.686 bits per heavy atom. The third kappa shape index (κ3) is 15.1. The van der Waals surface area contributed by atoms with Gasteiger partial charge >= 0.3 is 0 Å². The first-order valence-corrected chi connectivity index (χ1v) is 32.8. The largest absolute Gasteiger partial charge is 0.493 e. The Kier molecular flexibility index (Phi) is 20.4. The number of fused-ring (bicyclic) bond motifs is 8. The van der Waals surface area contributed by atoms with Crippen molar-refractivity contribution in [2.75, 3.05) is 42.9 Å². The van der Waals surface area contributed by atoms with Crippen molar-refractivity contribution in [1.29, 1.82) is 0 Å². The number of anilines is 3. The minimum absolute atomic E-state index is 0.000114. The predicted octanol–water partition coefficient (Wildman–Crippen LogP) is 9.76. The molecule has 0 radical (unpaired) electrons. The molecule has 4 heterocycles. The molecule has 4 aliphatic rings. The van der Waals surface area contributed by atoms with Crippen LogP contribution in [0.1, 0.15) is 138 Å². The number of Topliss-reactive ketones (excluding diaryl/α,β-unsaturated/α-hetero) is 2. The van der Waals surface area contributed by atoms with E-state index >= 15 is 0 Å². The number of ketones is 2. The van der Waals surface area contributed by atoms with Gasteiger partial charge in [-0.25, -0.2) is 0 Å². The maximum Gasteiger partial charge on any atom is 0.272 e. The molecule has 86 heavy (non-hydrogen) atoms. The van der Waals surface area contributed by atoms with Gasteiger partial charge in [0.15, 0.2) is 17.3 Å². The molecule has 0 saturated heterocycles. The van der Waals surface area contributed by atoms with Crippen molar-refractivity contribution in [3.05, 3.63) is 141 Å². The van der Waals surface area contributed by atoms with Crippen LogP contribution in [-0.2, 0) is 77.2 Å². The number of hydrogen-bond acceptors (Lipinski definition) is 15. The number of para-hydroxylation sites is 2. The van der Waals surface area contributed by atoms with Crippen molar-refractivity contribution in [2.45, 2.75) is 152 Å². The van der Waals surface area contributed by atoms with E-state index in [4.69, 9.17) is 18.4 Å². The number of methoxy groups -OCH3 is 1. The van der Waals surface area contributed by atoms with Gasteiger partial charge in [-0.3, -0.25) is 37.7 Å². The minimum atomic E-state index is -4.12. The molecule has 0 saturated carbocycles. The monoisotopic (exact) mass is 1230 g/mol. The molecule has 0 aliphatic carbocycles. The second-order valence-electron chi connectivity index (χ2n) is 23.1. The zero-order valence-electron chi connectivity index (χ0n) is 49.7. The van der Waals surface area contributed by atoms with Crippen LogP contribution in [0, 0.1) is 6.92 Å². The van der Waals surface area contributed by atoms with Gasteiger partial charge in [0.2, 0.25) is 17.7 Å². The first-order chi connectivity index (χ1) is 41.1. The molecule has 3 N–H and O–H groups in total. The lowest BCUT2D eigenvalue weighted by Crippen LogP contribution is -2.47. The van der Waals surface area contributed by atoms with Crippen molar-refractivity contribution in [3.8, 4) is 17.2 Å². The molecule has 18 nitrogen and oxygen atoms in total. The summed E-state index contributed by atoms with van der Waals surface area (Å²) in [6.07, 6.45) is 4.28. The summed E-state index contributed by atoms with van der Waals surface area (Å²) in [7, 11) is 3.52. The first kappa shape index (κ1) is 63.3. The summed E-state index contributed by atoms with van der Waals surface area (Å²) in [5, 5.41) is 7.33. The van der Waals surface area contributed by atoms with Gasteiger partial charge in [0, 0.05) is 89.8 Å². The molecule has 5 aromatic rings. The smallest absolute Gasteiger partial charge is 0.272 e. The summed E-state index contributed by atoms with van der Waals surface area (Å²) >= 11 is 0. The van der Waals surface area contributed by atoms with Gasteiger partial charge in [-0.05, 0) is 159 Å². The Balaban J connectivity index is 0.859. The van der Waals surface area contributed by atoms with Crippen molar-refractivity contribution >= 4 is 89.9 Å². The average molecular weight is 1230 g/mol. The topological polar surface area (TPSA) is 233 Å². The molecule has 21 heteroatoms. The summed E-state index contributed by atoms with van der Waals surface area (Å²) in [6.45, 7) is 7.69. The maximum absolute atomic E-state index is 14.4. The first-order valence-electron chi connectivity index (χ1n) is 29.1. The van der Waals surface area contributed by atoms with Crippen molar-refractivity contribution in [1.82, 2.24) is 10.6 Å². The number of aryl methyl sites for hydroxylation is 2. The summed E-state index contributed by atoms with van der Waals surface area (Å²) in [6, 6.07) is 27.1. The second-order valence-corrected chi connectivity index (χ2v) is 28.4. The Bertz CT molecular complexity index is 3550. The number of amides is 5. The van der Waals surface area contributed by atoms with Crippen LogP contribution in [0.15, 0.2) is 91.0 Å². The summed E-state index contributed by atoms with van der Waals surface area (Å²) in [4.78, 5) is 95.9. The second kappa shape index (κ2) is 27.7. The van der Waals surface area contributed by atoms with E-state index in [1.54, 1.807) is 63.9 Å². The molecule has 456 valence electrons. The van der Waals surface area contributed by atoms with E-state index in [0.717, 1.165) is 48.8 Å². The number of carbonyl (C=O) groups is 7. The van der Waals surface area contributed by atoms with Gasteiger partial charge in [-0.2, -0.15) is 8.42 Å². The molecular weight excluding hydrogens is 1150 g/mol. The van der Waals surface area contributed by atoms with Gasteiger partial charge in [-0.1, -0.05) is 64.9 Å². The van der Waals surface area contributed by atoms with Gasteiger partial charge < -0.3 is 40.0 Å². The van der Waals surface area contributed by atoms with Crippen LogP contribution in [0.3, 0.4) is 0 Å². The van der Waals surface area contributed by atoms with E-state index in [9.17, 15) is 42.0 Å². The fourth-order valence-electron chi connectivity index (χ4n) is 11.6. The molecule has 0 fully saturated rings. The summed E-state index contributed by atoms with van der Waals surface area (Å²) in [5.41, 5.74) is 8.11. The fourth-order valence-corrected chi connectivity index (χ4v) is 15.4. The number of ether oxygens (including phenoxy) is 3. The Morgan fingerprint density at radius 3 is 2.01 bits per heavy atom. The van der Waals surface area contributed by atoms with E-state index < -0.39 is 33.2 Å². The van der Waals surface area contributed by atoms with Crippen molar-refractivity contribution in [2.24, 2.45) is 0 Å². The number of carbonyl (C=O) groups excluding carboxylic acids is 7. The molecule has 4 atom stereocenters. The third-order valence-corrected chi connectivity index (χ3v) is 22.0. The third-order valence-electron chi connectivity index (χ3n) is 16.3. The highest BCUT2D eigenvalue weighted by Gasteiger charge is 2.48. The molecule has 9 rings (SSSR count). The van der Waals surface area contributed by atoms with Gasteiger partial charge in [-0.15, -0.1) is 0 Å². The minimum Gasteiger partial charge on any atom is -0.493 e. The SMILES string of the molecule is CNC(=O)CCC(C)SSC(C)(C)CCC(=O)CCC(=O)NCC(=O)CCC(=O)Nc1cc(COc2cc3c(cc2C)C(=O)N2c4ccccc4C[C@H]2C(S(=O)(=O)OC)C3)cc(COc2cc3c(cc2OC)C(=O)N2c4ccccc4C[C@H]2CC3)c1. The zero-order chi connectivity index (χ0) is 61.5. The molecule has 0 aromatic heterocycles. The molecule has 5 aromatic carbocycles. The van der Waals surface area contributed by atoms with E-state index in [1.165, 1.54) is 7.11 Å². The number of hydrogen-bond donors (Lipinski definition) is 3. The Hall–Kier alpha value is -7.20. The van der Waals surface area contributed by atoms with Crippen LogP contribution in [0.5, 0.6) is 17.2 Å². The predicted molar refractivity (Wildman–Crippen MR) is 334 cm³/mol. The normalized spacial score (nSPS) is 17.1. The summed E-state index contributed by atoms with van der Waals surface area (Å²) in [5.74, 6) is -0.520. The Labute approximate surface area is 511 Å². The molecular formula is C65H75N5O13S3. The fraction of sp³-hybridized carbons (Fsp3) is 0.431. The number of nitrogens with zero attached hydrogens (tertiary/aromatic N) is 2. The van der Waals surface area contributed by atoms with Gasteiger partial charge in [0.1, 0.15) is 30.0 Å². The van der Waals surface area contributed by atoms with Crippen LogP contribution in [0.2, 0.25) is 0 Å². The lowest BCUT2D eigenvalue weighted by atomic mass is 9.97. The number of rotatable bonds is 27. The van der Waals surface area contributed by atoms with E-state index in [0.29, 0.717) is 94.1 Å². The standard InChI is InChI=1S/C65H75N5O13S3/c1-39-26-51-46(34-59(86(78,79)81-7)55-31-45-13-9-11-15-54(45)70(55)64(51)77)33-56(39)82-37-41-27-42(38-83-58-32-43-17-18-48-30-44-12-8-10-14-53(44)69(48)63(76)52(43)35-57(58)80-6)29-47(28-41)68-62(75)23-20-50(72)36-67-61(74)22-19-49(71)24-25-65(3,4)85-84-40(2)16-21-60(73)66-5/h8-15,26-29,32-33,35,40,48,55,59H,16-25,30-31,34,36-38H2,1-7H3,(H,66,73)(H,67,74)(H,68,75)/t40?,48-,55+,59?/m1/s1. The lowest BCUT2D eigenvalue weighted by molar-refractivity contribution is -0.127. The Morgan fingerprint density at radius 2 is 1.31 bits per heavy atom. The number of benzene rings is 5. The number of nitrogens with one attached hydrogen (secondary N) is 3. The highest BCUT2D eigenvalue weighted by atomic mass is 33.1. The lowest BCUT2D eigenvalue weighted by Gasteiger charge is -2.28. The highest BCUT2D eigenvalue weighted by Crippen LogP contribution is 2.45. The molecule has 5 amide bonds. The quantitative estimate of drug-likeness (QED) is 0.0328. The van der Waals surface area contributed by atoms with E-state index in [2.05, 4.69) is 42.8 Å². The van der Waals surface area contributed by atoms with Crippen LogP contribution in [-0.4, -0.2) is 105 Å². The van der Waals surface area contributed by atoms with Crippen molar-refractivity contribution < 1.29 is 60.4 Å². The van der Waals surface area contributed by atoms with Crippen LogP contribution in [0.25, 0.3) is 0 Å². The zero-order valence-corrected chi connectivity index (χ0v) is 52.2. The van der Waals surface area contributed by atoms with Crippen LogP contribution < -0.4 is 40.0 Å².